The van der Waals surface area contributed by atoms with Crippen LogP contribution in [-0.4, -0.2) is 33.5 Å². The van der Waals surface area contributed by atoms with Crippen molar-refractivity contribution >= 4 is 17.3 Å². The highest BCUT2D eigenvalue weighted by Gasteiger charge is 2.18. The van der Waals surface area contributed by atoms with Crippen LogP contribution in [0.25, 0.3) is 5.82 Å². The molecule has 0 radical (unpaired) electrons. The Bertz CT molecular complexity index is 872. The van der Waals surface area contributed by atoms with Crippen molar-refractivity contribution in [3.63, 3.8) is 0 Å². The lowest BCUT2D eigenvalue weighted by atomic mass is 10.2. The van der Waals surface area contributed by atoms with Crippen LogP contribution in [0, 0.1) is 5.92 Å². The summed E-state index contributed by atoms with van der Waals surface area (Å²) in [5.74, 6) is 1.30. The second kappa shape index (κ2) is 7.00. The molecule has 0 saturated carbocycles. The standard InChI is InChI=1S/C20H21N5O/c1-15-8-10-24(13-15)18-5-3-17(4-6-18)23-20(26)16-2-7-19(22-12-16)25-11-9-21-14-25/h2-7,9,11-12,14-15H,8,10,13H2,1H3,(H,23,26)/t15-/m1/s1. The fourth-order valence-electron chi connectivity index (χ4n) is 3.20. The molecule has 3 aromatic rings. The van der Waals surface area contributed by atoms with Crippen molar-refractivity contribution in [1.82, 2.24) is 14.5 Å². The molecule has 1 atom stereocenters. The molecular formula is C20H21N5O. The molecule has 6 heteroatoms. The maximum absolute atomic E-state index is 12.4. The van der Waals surface area contributed by atoms with Crippen LogP contribution >= 0.6 is 0 Å². The van der Waals surface area contributed by atoms with Gasteiger partial charge in [0.1, 0.15) is 12.1 Å². The summed E-state index contributed by atoms with van der Waals surface area (Å²) in [4.78, 5) is 23.1. The second-order valence-corrected chi connectivity index (χ2v) is 6.72. The number of benzene rings is 1. The summed E-state index contributed by atoms with van der Waals surface area (Å²) in [6, 6.07) is 11.6. The number of carbonyl (C=O) groups is 1. The number of hydrogen-bond donors (Lipinski definition) is 1. The number of anilines is 2. The number of amides is 1. The molecule has 1 amide bonds. The molecule has 132 valence electrons. The molecule has 1 aliphatic heterocycles. The topological polar surface area (TPSA) is 63.1 Å². The number of pyridine rings is 1. The van der Waals surface area contributed by atoms with Gasteiger partial charge in [0.25, 0.3) is 5.91 Å². The van der Waals surface area contributed by atoms with E-state index in [-0.39, 0.29) is 5.91 Å². The van der Waals surface area contributed by atoms with Crippen molar-refractivity contribution < 1.29 is 4.79 Å². The van der Waals surface area contributed by atoms with E-state index in [1.165, 1.54) is 12.1 Å². The van der Waals surface area contributed by atoms with Crippen molar-refractivity contribution in [2.75, 3.05) is 23.3 Å². The molecule has 2 aromatic heterocycles. The fraction of sp³-hybridized carbons (Fsp3) is 0.250. The monoisotopic (exact) mass is 347 g/mol. The van der Waals surface area contributed by atoms with Gasteiger partial charge in [-0.3, -0.25) is 9.36 Å². The third-order valence-electron chi connectivity index (χ3n) is 4.69. The normalized spacial score (nSPS) is 16.7. The first kappa shape index (κ1) is 16.3. The van der Waals surface area contributed by atoms with Crippen LogP contribution in [0.3, 0.4) is 0 Å². The molecule has 3 heterocycles. The van der Waals surface area contributed by atoms with Crippen LogP contribution in [0.2, 0.25) is 0 Å². The molecule has 1 fully saturated rings. The quantitative estimate of drug-likeness (QED) is 0.786. The van der Waals surface area contributed by atoms with E-state index in [0.717, 1.165) is 30.5 Å². The molecule has 4 rings (SSSR count). The number of rotatable bonds is 4. The third kappa shape index (κ3) is 3.44. The Morgan fingerprint density at radius 1 is 1.19 bits per heavy atom. The first-order valence-corrected chi connectivity index (χ1v) is 8.80. The van der Waals surface area contributed by atoms with Gasteiger partial charge in [-0.25, -0.2) is 9.97 Å². The summed E-state index contributed by atoms with van der Waals surface area (Å²) >= 11 is 0. The van der Waals surface area contributed by atoms with Gasteiger partial charge in [0.2, 0.25) is 0 Å². The van der Waals surface area contributed by atoms with Crippen LogP contribution in [0.1, 0.15) is 23.7 Å². The number of aromatic nitrogens is 3. The summed E-state index contributed by atoms with van der Waals surface area (Å²) in [6.45, 7) is 4.48. The summed E-state index contributed by atoms with van der Waals surface area (Å²) in [5, 5.41) is 2.92. The maximum Gasteiger partial charge on any atom is 0.257 e. The molecule has 0 spiro atoms. The van der Waals surface area contributed by atoms with Gasteiger partial charge in [-0.15, -0.1) is 0 Å². The number of imidazole rings is 1. The van der Waals surface area contributed by atoms with Crippen LogP contribution < -0.4 is 10.2 Å². The average molecular weight is 347 g/mol. The highest BCUT2D eigenvalue weighted by atomic mass is 16.1. The molecule has 1 N–H and O–H groups in total. The highest BCUT2D eigenvalue weighted by Crippen LogP contribution is 2.25. The van der Waals surface area contributed by atoms with Gasteiger partial charge < -0.3 is 10.2 Å². The van der Waals surface area contributed by atoms with E-state index in [1.807, 2.05) is 18.3 Å². The molecule has 0 aliphatic carbocycles. The molecule has 1 saturated heterocycles. The molecule has 1 aliphatic rings. The lowest BCUT2D eigenvalue weighted by molar-refractivity contribution is 0.102. The van der Waals surface area contributed by atoms with Gasteiger partial charge in [0, 0.05) is 43.1 Å². The van der Waals surface area contributed by atoms with Gasteiger partial charge in [0.05, 0.1) is 5.56 Å². The van der Waals surface area contributed by atoms with Gasteiger partial charge >= 0.3 is 0 Å². The lowest BCUT2D eigenvalue weighted by Gasteiger charge is -2.18. The van der Waals surface area contributed by atoms with Crippen LogP contribution in [0.5, 0.6) is 0 Å². The van der Waals surface area contributed by atoms with E-state index in [2.05, 4.69) is 39.2 Å². The summed E-state index contributed by atoms with van der Waals surface area (Å²) in [5.41, 5.74) is 2.51. The van der Waals surface area contributed by atoms with Crippen molar-refractivity contribution in [3.05, 3.63) is 66.9 Å². The SMILES string of the molecule is C[C@@H]1CCN(c2ccc(NC(=O)c3ccc(-n4ccnc4)nc3)cc2)C1. The molecule has 0 unspecified atom stereocenters. The van der Waals surface area contributed by atoms with Gasteiger partial charge in [-0.05, 0) is 48.7 Å². The second-order valence-electron chi connectivity index (χ2n) is 6.72. The van der Waals surface area contributed by atoms with Gasteiger partial charge in [-0.1, -0.05) is 6.92 Å². The third-order valence-corrected chi connectivity index (χ3v) is 4.69. The zero-order valence-corrected chi connectivity index (χ0v) is 14.7. The predicted molar refractivity (Wildman–Crippen MR) is 102 cm³/mol. The van der Waals surface area contributed by atoms with Crippen LogP contribution in [0.4, 0.5) is 11.4 Å². The van der Waals surface area contributed by atoms with Crippen molar-refractivity contribution in [2.24, 2.45) is 5.92 Å². The van der Waals surface area contributed by atoms with Gasteiger partial charge in [0.15, 0.2) is 0 Å². The summed E-state index contributed by atoms with van der Waals surface area (Å²) in [7, 11) is 0. The smallest absolute Gasteiger partial charge is 0.257 e. The Hall–Kier alpha value is -3.15. The largest absolute Gasteiger partial charge is 0.371 e. The maximum atomic E-state index is 12.4. The zero-order chi connectivity index (χ0) is 17.9. The van der Waals surface area contributed by atoms with E-state index in [9.17, 15) is 4.79 Å². The van der Waals surface area contributed by atoms with E-state index in [4.69, 9.17) is 0 Å². The van der Waals surface area contributed by atoms with E-state index in [1.54, 1.807) is 35.4 Å². The molecule has 26 heavy (non-hydrogen) atoms. The van der Waals surface area contributed by atoms with Gasteiger partial charge in [-0.2, -0.15) is 0 Å². The minimum Gasteiger partial charge on any atom is -0.371 e. The molecule has 0 bridgehead atoms. The molecule has 6 nitrogen and oxygen atoms in total. The summed E-state index contributed by atoms with van der Waals surface area (Å²) < 4.78 is 1.79. The Morgan fingerprint density at radius 3 is 2.65 bits per heavy atom. The highest BCUT2D eigenvalue weighted by molar-refractivity contribution is 6.04. The van der Waals surface area contributed by atoms with E-state index < -0.39 is 0 Å². The first-order chi connectivity index (χ1) is 12.7. The minimum absolute atomic E-state index is 0.169. The first-order valence-electron chi connectivity index (χ1n) is 8.80. The van der Waals surface area contributed by atoms with Crippen molar-refractivity contribution in [1.29, 1.82) is 0 Å². The number of carbonyl (C=O) groups excluding carboxylic acids is 1. The predicted octanol–water partition coefficient (Wildman–Crippen LogP) is 3.37. The Kier molecular flexibility index (Phi) is 4.39. The molecular weight excluding hydrogens is 326 g/mol. The van der Waals surface area contributed by atoms with Crippen LogP contribution in [0.15, 0.2) is 61.3 Å². The Morgan fingerprint density at radius 2 is 2.04 bits per heavy atom. The number of nitrogens with zero attached hydrogens (tertiary/aromatic N) is 4. The number of nitrogens with one attached hydrogen (secondary N) is 1. The Balaban J connectivity index is 1.41. The van der Waals surface area contributed by atoms with E-state index in [0.29, 0.717) is 5.56 Å². The fourth-order valence-corrected chi connectivity index (χ4v) is 3.20. The van der Waals surface area contributed by atoms with Crippen molar-refractivity contribution in [2.45, 2.75) is 13.3 Å². The Labute approximate surface area is 152 Å². The zero-order valence-electron chi connectivity index (χ0n) is 14.7. The van der Waals surface area contributed by atoms with Crippen molar-refractivity contribution in [3.8, 4) is 5.82 Å². The summed E-state index contributed by atoms with van der Waals surface area (Å²) in [6.07, 6.45) is 7.98. The van der Waals surface area contributed by atoms with Crippen LogP contribution in [-0.2, 0) is 0 Å². The average Bonchev–Trinajstić information content (AvgIpc) is 3.34. The number of hydrogen-bond acceptors (Lipinski definition) is 4. The lowest BCUT2D eigenvalue weighted by Crippen LogP contribution is -2.19. The molecule has 1 aromatic carbocycles. The minimum atomic E-state index is -0.169. The van der Waals surface area contributed by atoms with E-state index >= 15 is 0 Å².